The molecule has 1 saturated carbocycles. The first-order valence-corrected chi connectivity index (χ1v) is 6.56. The van der Waals surface area contributed by atoms with Crippen LogP contribution in [-0.4, -0.2) is 7.11 Å². The first-order chi connectivity index (χ1) is 8.76. The van der Waals surface area contributed by atoms with Crippen molar-refractivity contribution in [2.24, 2.45) is 11.8 Å². The molecule has 1 aromatic rings. The summed E-state index contributed by atoms with van der Waals surface area (Å²) in [5.74, 6) is 6.34. The van der Waals surface area contributed by atoms with Crippen molar-refractivity contribution < 1.29 is 9.13 Å². The molecular weight excluding hydrogens is 231 g/mol. The first kappa shape index (κ1) is 13.3. The fourth-order valence-corrected chi connectivity index (χ4v) is 2.83. The SMILES string of the molecule is COc1ccc(C(NN)C2CCCCC2)c(F)c1. The van der Waals surface area contributed by atoms with E-state index in [2.05, 4.69) is 5.43 Å². The fraction of sp³-hybridized carbons (Fsp3) is 0.571. The van der Waals surface area contributed by atoms with E-state index < -0.39 is 0 Å². The van der Waals surface area contributed by atoms with Gasteiger partial charge in [-0.05, 0) is 24.8 Å². The highest BCUT2D eigenvalue weighted by atomic mass is 19.1. The van der Waals surface area contributed by atoms with Crippen molar-refractivity contribution in [2.75, 3.05) is 7.11 Å². The highest BCUT2D eigenvalue weighted by Crippen LogP contribution is 2.35. The lowest BCUT2D eigenvalue weighted by Gasteiger charge is -2.30. The molecular formula is C14H21FN2O. The van der Waals surface area contributed by atoms with Gasteiger partial charge in [-0.25, -0.2) is 4.39 Å². The Morgan fingerprint density at radius 2 is 2.06 bits per heavy atom. The molecule has 0 spiro atoms. The summed E-state index contributed by atoms with van der Waals surface area (Å²) >= 11 is 0. The summed E-state index contributed by atoms with van der Waals surface area (Å²) < 4.78 is 19.1. The first-order valence-electron chi connectivity index (χ1n) is 6.56. The number of rotatable bonds is 4. The molecule has 1 atom stereocenters. The molecule has 0 heterocycles. The van der Waals surface area contributed by atoms with Gasteiger partial charge in [-0.3, -0.25) is 11.3 Å². The Labute approximate surface area is 107 Å². The van der Waals surface area contributed by atoms with Crippen molar-refractivity contribution in [1.29, 1.82) is 0 Å². The van der Waals surface area contributed by atoms with E-state index >= 15 is 0 Å². The van der Waals surface area contributed by atoms with E-state index in [0.29, 0.717) is 17.2 Å². The Morgan fingerprint density at radius 3 is 2.61 bits per heavy atom. The third-order valence-corrected chi connectivity index (χ3v) is 3.84. The van der Waals surface area contributed by atoms with Crippen LogP contribution in [0.25, 0.3) is 0 Å². The highest BCUT2D eigenvalue weighted by molar-refractivity contribution is 5.31. The smallest absolute Gasteiger partial charge is 0.131 e. The molecule has 4 heteroatoms. The van der Waals surface area contributed by atoms with Crippen LogP contribution in [0.3, 0.4) is 0 Å². The van der Waals surface area contributed by atoms with Crippen LogP contribution >= 0.6 is 0 Å². The molecule has 3 nitrogen and oxygen atoms in total. The molecule has 0 bridgehead atoms. The standard InChI is InChI=1S/C14H21FN2O/c1-18-11-7-8-12(13(15)9-11)14(17-16)10-5-3-2-4-6-10/h7-10,14,17H,2-6,16H2,1H3. The summed E-state index contributed by atoms with van der Waals surface area (Å²) in [6.07, 6.45) is 5.92. The fourth-order valence-electron chi connectivity index (χ4n) is 2.83. The lowest BCUT2D eigenvalue weighted by atomic mass is 9.81. The number of hydrogen-bond donors (Lipinski definition) is 2. The Kier molecular flexibility index (Phi) is 4.55. The van der Waals surface area contributed by atoms with E-state index in [0.717, 1.165) is 12.8 Å². The van der Waals surface area contributed by atoms with Gasteiger partial charge in [-0.15, -0.1) is 0 Å². The second kappa shape index (κ2) is 6.16. The number of nitrogens with one attached hydrogen (secondary N) is 1. The maximum Gasteiger partial charge on any atom is 0.131 e. The van der Waals surface area contributed by atoms with Crippen LogP contribution in [0.15, 0.2) is 18.2 Å². The van der Waals surface area contributed by atoms with Gasteiger partial charge in [0.25, 0.3) is 0 Å². The van der Waals surface area contributed by atoms with E-state index in [4.69, 9.17) is 10.6 Å². The van der Waals surface area contributed by atoms with E-state index in [1.54, 1.807) is 12.1 Å². The van der Waals surface area contributed by atoms with Crippen molar-refractivity contribution in [2.45, 2.75) is 38.1 Å². The molecule has 1 fully saturated rings. The Balaban J connectivity index is 2.20. The number of halogens is 1. The van der Waals surface area contributed by atoms with Crippen LogP contribution in [0.5, 0.6) is 5.75 Å². The normalized spacial score (nSPS) is 18.6. The van der Waals surface area contributed by atoms with Gasteiger partial charge in [0.15, 0.2) is 0 Å². The van der Waals surface area contributed by atoms with Crippen molar-refractivity contribution in [3.8, 4) is 5.75 Å². The molecule has 0 saturated heterocycles. The molecule has 18 heavy (non-hydrogen) atoms. The van der Waals surface area contributed by atoms with Crippen LogP contribution in [0.2, 0.25) is 0 Å². The van der Waals surface area contributed by atoms with Crippen molar-refractivity contribution in [1.82, 2.24) is 5.43 Å². The zero-order valence-electron chi connectivity index (χ0n) is 10.8. The average Bonchev–Trinajstić information content (AvgIpc) is 2.42. The molecule has 100 valence electrons. The molecule has 0 radical (unpaired) electrons. The molecule has 1 aromatic carbocycles. The summed E-state index contributed by atoms with van der Waals surface area (Å²) in [4.78, 5) is 0. The summed E-state index contributed by atoms with van der Waals surface area (Å²) in [6, 6.07) is 4.87. The van der Waals surface area contributed by atoms with Gasteiger partial charge in [0.2, 0.25) is 0 Å². The minimum absolute atomic E-state index is 0.101. The summed E-state index contributed by atoms with van der Waals surface area (Å²) in [6.45, 7) is 0. The minimum Gasteiger partial charge on any atom is -0.497 e. The van der Waals surface area contributed by atoms with E-state index in [1.165, 1.54) is 32.4 Å². The second-order valence-electron chi connectivity index (χ2n) is 4.93. The third-order valence-electron chi connectivity index (χ3n) is 3.84. The molecule has 1 aliphatic rings. The van der Waals surface area contributed by atoms with Crippen LogP contribution in [0.1, 0.15) is 43.7 Å². The molecule has 0 amide bonds. The maximum atomic E-state index is 14.1. The number of methoxy groups -OCH3 is 1. The number of ether oxygens (including phenoxy) is 1. The topological polar surface area (TPSA) is 47.3 Å². The average molecular weight is 252 g/mol. The van der Waals surface area contributed by atoms with Gasteiger partial charge in [-0.2, -0.15) is 0 Å². The zero-order valence-corrected chi connectivity index (χ0v) is 10.8. The lowest BCUT2D eigenvalue weighted by Crippen LogP contribution is -2.35. The van der Waals surface area contributed by atoms with Crippen LogP contribution in [0.4, 0.5) is 4.39 Å². The predicted octanol–water partition coefficient (Wildman–Crippen LogP) is 2.92. The highest BCUT2D eigenvalue weighted by Gasteiger charge is 2.26. The maximum absolute atomic E-state index is 14.1. The second-order valence-corrected chi connectivity index (χ2v) is 4.93. The van der Waals surface area contributed by atoms with Crippen molar-refractivity contribution in [3.05, 3.63) is 29.6 Å². The minimum atomic E-state index is -0.247. The van der Waals surface area contributed by atoms with Crippen molar-refractivity contribution >= 4 is 0 Å². The van der Waals surface area contributed by atoms with Crippen LogP contribution in [0, 0.1) is 11.7 Å². The number of nitrogens with two attached hydrogens (primary N) is 1. The molecule has 0 aliphatic heterocycles. The quantitative estimate of drug-likeness (QED) is 0.640. The van der Waals surface area contributed by atoms with Crippen LogP contribution in [-0.2, 0) is 0 Å². The molecule has 2 rings (SSSR count). The molecule has 1 aliphatic carbocycles. The molecule has 3 N–H and O–H groups in total. The van der Waals surface area contributed by atoms with Gasteiger partial charge in [0, 0.05) is 11.6 Å². The Morgan fingerprint density at radius 1 is 1.33 bits per heavy atom. The lowest BCUT2D eigenvalue weighted by molar-refractivity contribution is 0.268. The largest absolute Gasteiger partial charge is 0.497 e. The molecule has 0 aromatic heterocycles. The Bertz CT molecular complexity index is 391. The van der Waals surface area contributed by atoms with Crippen LogP contribution < -0.4 is 16.0 Å². The van der Waals surface area contributed by atoms with Gasteiger partial charge >= 0.3 is 0 Å². The summed E-state index contributed by atoms with van der Waals surface area (Å²) in [5.41, 5.74) is 3.43. The van der Waals surface area contributed by atoms with Gasteiger partial charge in [0.05, 0.1) is 13.2 Å². The predicted molar refractivity (Wildman–Crippen MR) is 69.6 cm³/mol. The van der Waals surface area contributed by atoms with Gasteiger partial charge in [0.1, 0.15) is 11.6 Å². The summed E-state index contributed by atoms with van der Waals surface area (Å²) in [5, 5.41) is 0. The zero-order chi connectivity index (χ0) is 13.0. The number of hydrazine groups is 1. The van der Waals surface area contributed by atoms with Gasteiger partial charge < -0.3 is 4.74 Å². The van der Waals surface area contributed by atoms with E-state index in [-0.39, 0.29) is 11.9 Å². The number of benzene rings is 1. The summed E-state index contributed by atoms with van der Waals surface area (Å²) in [7, 11) is 1.54. The number of hydrogen-bond acceptors (Lipinski definition) is 3. The van der Waals surface area contributed by atoms with Crippen molar-refractivity contribution in [3.63, 3.8) is 0 Å². The Hall–Kier alpha value is -1.13. The molecule has 1 unspecified atom stereocenters. The van der Waals surface area contributed by atoms with E-state index in [9.17, 15) is 4.39 Å². The monoisotopic (exact) mass is 252 g/mol. The van der Waals surface area contributed by atoms with Gasteiger partial charge in [-0.1, -0.05) is 25.3 Å². The third kappa shape index (κ3) is 2.82. The van der Waals surface area contributed by atoms with E-state index in [1.807, 2.05) is 0 Å².